The number of benzene rings is 2. The van der Waals surface area contributed by atoms with Crippen molar-refractivity contribution < 1.29 is 14.3 Å². The van der Waals surface area contributed by atoms with E-state index in [9.17, 15) is 9.59 Å². The van der Waals surface area contributed by atoms with Crippen LogP contribution in [-0.2, 0) is 4.79 Å². The summed E-state index contributed by atoms with van der Waals surface area (Å²) in [5, 5.41) is 3.80. The van der Waals surface area contributed by atoms with Crippen LogP contribution >= 0.6 is 23.2 Å². The lowest BCUT2D eigenvalue weighted by molar-refractivity contribution is -0.118. The lowest BCUT2D eigenvalue weighted by Gasteiger charge is -2.18. The van der Waals surface area contributed by atoms with Gasteiger partial charge in [-0.05, 0) is 61.7 Å². The highest BCUT2D eigenvalue weighted by Gasteiger charge is 2.23. The summed E-state index contributed by atoms with van der Waals surface area (Å²) in [6.45, 7) is 3.11. The molecule has 0 spiro atoms. The van der Waals surface area contributed by atoms with Crippen LogP contribution in [0, 0.1) is 6.92 Å². The summed E-state index contributed by atoms with van der Waals surface area (Å²) in [7, 11) is 0. The number of hydrogen-bond acceptors (Lipinski definition) is 3. The molecule has 2 aromatic rings. The molecule has 2 aromatic carbocycles. The van der Waals surface area contributed by atoms with Gasteiger partial charge in [0, 0.05) is 23.1 Å². The molecule has 0 atom stereocenters. The Hall–Kier alpha value is -2.24. The molecular weight excluding hydrogens is 387 g/mol. The summed E-state index contributed by atoms with van der Waals surface area (Å²) in [5.74, 6) is 0.0981. The second kappa shape index (κ2) is 8.63. The van der Waals surface area contributed by atoms with Crippen molar-refractivity contribution in [1.82, 2.24) is 4.90 Å². The number of ether oxygens (including phenoxy) is 1. The number of rotatable bonds is 5. The van der Waals surface area contributed by atoms with E-state index in [2.05, 4.69) is 5.32 Å². The number of aryl methyl sites for hydroxylation is 1. The Balaban J connectivity index is 1.69. The van der Waals surface area contributed by atoms with E-state index >= 15 is 0 Å². The zero-order valence-corrected chi connectivity index (χ0v) is 16.4. The molecule has 1 heterocycles. The van der Waals surface area contributed by atoms with Crippen LogP contribution in [0.15, 0.2) is 36.4 Å². The molecule has 3 rings (SSSR count). The summed E-state index contributed by atoms with van der Waals surface area (Å²) >= 11 is 12.0. The molecule has 1 saturated heterocycles. The molecule has 1 aliphatic rings. The SMILES string of the molecule is Cc1cc(Cl)ccc1OCC(=O)Nc1ccc(Cl)cc1C(=O)N1CCCC1. The molecule has 27 heavy (non-hydrogen) atoms. The van der Waals surface area contributed by atoms with Gasteiger partial charge in [0.1, 0.15) is 5.75 Å². The maximum Gasteiger partial charge on any atom is 0.262 e. The van der Waals surface area contributed by atoms with Gasteiger partial charge in [-0.2, -0.15) is 0 Å². The van der Waals surface area contributed by atoms with E-state index in [1.165, 1.54) is 0 Å². The fraction of sp³-hybridized carbons (Fsp3) is 0.300. The van der Waals surface area contributed by atoms with Crippen LogP contribution in [-0.4, -0.2) is 36.4 Å². The molecule has 1 aliphatic heterocycles. The van der Waals surface area contributed by atoms with Crippen LogP contribution in [0.25, 0.3) is 0 Å². The minimum absolute atomic E-state index is 0.125. The van der Waals surface area contributed by atoms with E-state index in [1.807, 2.05) is 6.92 Å². The third-order valence-electron chi connectivity index (χ3n) is 4.38. The minimum Gasteiger partial charge on any atom is -0.483 e. The third-order valence-corrected chi connectivity index (χ3v) is 4.85. The molecule has 0 saturated carbocycles. The summed E-state index contributed by atoms with van der Waals surface area (Å²) < 4.78 is 5.56. The molecule has 1 fully saturated rings. The van der Waals surface area contributed by atoms with Gasteiger partial charge in [-0.3, -0.25) is 9.59 Å². The summed E-state index contributed by atoms with van der Waals surface area (Å²) in [5.41, 5.74) is 1.66. The quantitative estimate of drug-likeness (QED) is 0.791. The number of likely N-dealkylation sites (tertiary alicyclic amines) is 1. The number of halogens is 2. The highest BCUT2D eigenvalue weighted by Crippen LogP contribution is 2.25. The standard InChI is InChI=1S/C20H20Cl2N2O3/c1-13-10-14(21)5-7-18(13)27-12-19(25)23-17-6-4-15(22)11-16(17)20(26)24-8-2-3-9-24/h4-7,10-11H,2-3,8-9,12H2,1H3,(H,23,25). The Morgan fingerprint density at radius 2 is 1.74 bits per heavy atom. The van der Waals surface area contributed by atoms with Gasteiger partial charge in [0.2, 0.25) is 0 Å². The van der Waals surface area contributed by atoms with E-state index in [4.69, 9.17) is 27.9 Å². The maximum atomic E-state index is 12.7. The van der Waals surface area contributed by atoms with Crippen LogP contribution in [0.1, 0.15) is 28.8 Å². The average molecular weight is 407 g/mol. The van der Waals surface area contributed by atoms with Gasteiger partial charge >= 0.3 is 0 Å². The van der Waals surface area contributed by atoms with Crippen LogP contribution in [0.5, 0.6) is 5.75 Å². The Labute approximate surface area is 168 Å². The van der Waals surface area contributed by atoms with Gasteiger partial charge in [-0.25, -0.2) is 0 Å². The third kappa shape index (κ3) is 4.93. The average Bonchev–Trinajstić information content (AvgIpc) is 3.16. The normalized spacial score (nSPS) is 13.5. The highest BCUT2D eigenvalue weighted by molar-refractivity contribution is 6.31. The van der Waals surface area contributed by atoms with Crippen LogP contribution in [0.3, 0.4) is 0 Å². The Morgan fingerprint density at radius 1 is 1.07 bits per heavy atom. The monoisotopic (exact) mass is 406 g/mol. The van der Waals surface area contributed by atoms with Gasteiger partial charge in [0.05, 0.1) is 11.3 Å². The summed E-state index contributed by atoms with van der Waals surface area (Å²) in [6, 6.07) is 10.0. The molecule has 2 amide bonds. The highest BCUT2D eigenvalue weighted by atomic mass is 35.5. The van der Waals surface area contributed by atoms with Gasteiger partial charge in [0.15, 0.2) is 6.61 Å². The summed E-state index contributed by atoms with van der Waals surface area (Å²) in [4.78, 5) is 26.8. The lowest BCUT2D eigenvalue weighted by atomic mass is 10.1. The van der Waals surface area contributed by atoms with E-state index in [1.54, 1.807) is 41.3 Å². The van der Waals surface area contributed by atoms with Crippen molar-refractivity contribution in [3.63, 3.8) is 0 Å². The van der Waals surface area contributed by atoms with Gasteiger partial charge in [0.25, 0.3) is 11.8 Å². The van der Waals surface area contributed by atoms with Crippen molar-refractivity contribution in [2.24, 2.45) is 0 Å². The number of carbonyl (C=O) groups excluding carboxylic acids is 2. The fourth-order valence-electron chi connectivity index (χ4n) is 3.00. The van der Waals surface area contributed by atoms with Gasteiger partial charge in [-0.15, -0.1) is 0 Å². The second-order valence-electron chi connectivity index (χ2n) is 6.44. The first kappa shape index (κ1) is 19.5. The molecule has 0 bridgehead atoms. The van der Waals surface area contributed by atoms with Crippen molar-refractivity contribution >= 4 is 40.7 Å². The number of hydrogen-bond donors (Lipinski definition) is 1. The van der Waals surface area contributed by atoms with Crippen LogP contribution < -0.4 is 10.1 Å². The zero-order chi connectivity index (χ0) is 19.4. The molecule has 1 N–H and O–H groups in total. The first-order chi connectivity index (χ1) is 12.9. The van der Waals surface area contributed by atoms with Crippen molar-refractivity contribution in [3.05, 3.63) is 57.6 Å². The van der Waals surface area contributed by atoms with Crippen LogP contribution in [0.4, 0.5) is 5.69 Å². The number of carbonyl (C=O) groups is 2. The van der Waals surface area contributed by atoms with Gasteiger partial charge < -0.3 is 15.0 Å². The molecule has 0 aliphatic carbocycles. The van der Waals surface area contributed by atoms with Crippen molar-refractivity contribution in [3.8, 4) is 5.75 Å². The predicted octanol–water partition coefficient (Wildman–Crippen LogP) is 4.56. The molecule has 0 radical (unpaired) electrons. The summed E-state index contributed by atoms with van der Waals surface area (Å²) in [6.07, 6.45) is 1.98. The number of amides is 2. The van der Waals surface area contributed by atoms with E-state index in [0.29, 0.717) is 27.0 Å². The maximum absolute atomic E-state index is 12.7. The number of nitrogens with one attached hydrogen (secondary N) is 1. The second-order valence-corrected chi connectivity index (χ2v) is 7.31. The minimum atomic E-state index is -0.359. The van der Waals surface area contributed by atoms with Crippen molar-refractivity contribution in [1.29, 1.82) is 0 Å². The largest absolute Gasteiger partial charge is 0.483 e. The first-order valence-corrected chi connectivity index (χ1v) is 9.47. The fourth-order valence-corrected chi connectivity index (χ4v) is 3.40. The molecule has 7 heteroatoms. The first-order valence-electron chi connectivity index (χ1n) is 8.71. The molecule has 142 valence electrons. The molecular formula is C20H20Cl2N2O3. The number of anilines is 1. The van der Waals surface area contributed by atoms with Gasteiger partial charge in [-0.1, -0.05) is 23.2 Å². The zero-order valence-electron chi connectivity index (χ0n) is 14.9. The predicted molar refractivity (Wildman–Crippen MR) is 107 cm³/mol. The van der Waals surface area contributed by atoms with Crippen LogP contribution in [0.2, 0.25) is 10.0 Å². The topological polar surface area (TPSA) is 58.6 Å². The Morgan fingerprint density at radius 3 is 2.44 bits per heavy atom. The smallest absolute Gasteiger partial charge is 0.262 e. The van der Waals surface area contributed by atoms with E-state index in [-0.39, 0.29) is 18.4 Å². The van der Waals surface area contributed by atoms with Crippen molar-refractivity contribution in [2.75, 3.05) is 25.0 Å². The van der Waals surface area contributed by atoms with Crippen molar-refractivity contribution in [2.45, 2.75) is 19.8 Å². The van der Waals surface area contributed by atoms with E-state index in [0.717, 1.165) is 31.5 Å². The number of nitrogens with zero attached hydrogens (tertiary/aromatic N) is 1. The Kier molecular flexibility index (Phi) is 6.24. The molecule has 0 aromatic heterocycles. The van der Waals surface area contributed by atoms with E-state index < -0.39 is 0 Å². The molecule has 0 unspecified atom stereocenters. The Bertz CT molecular complexity index is 864. The molecule has 5 nitrogen and oxygen atoms in total. The lowest BCUT2D eigenvalue weighted by Crippen LogP contribution is -2.29.